The van der Waals surface area contributed by atoms with E-state index in [0.717, 1.165) is 37.5 Å². The van der Waals surface area contributed by atoms with Crippen LogP contribution in [0.3, 0.4) is 0 Å². The summed E-state index contributed by atoms with van der Waals surface area (Å²) in [5.74, 6) is 1.37. The summed E-state index contributed by atoms with van der Waals surface area (Å²) in [5.41, 5.74) is 1.31. The third-order valence-electron chi connectivity index (χ3n) is 5.75. The molecular formula is C19H29ClN2O2S. The molecule has 3 rings (SSSR count). The maximum absolute atomic E-state index is 12.3. The molecule has 4 nitrogen and oxygen atoms in total. The Morgan fingerprint density at radius 2 is 1.64 bits per heavy atom. The van der Waals surface area contributed by atoms with Crippen LogP contribution in [0.1, 0.15) is 38.7 Å². The van der Waals surface area contributed by atoms with Crippen LogP contribution in [0.2, 0.25) is 5.02 Å². The van der Waals surface area contributed by atoms with Gasteiger partial charge in [-0.25, -0.2) is 12.7 Å². The summed E-state index contributed by atoms with van der Waals surface area (Å²) in [6, 6.07) is 8.11. The molecule has 2 saturated heterocycles. The lowest BCUT2D eigenvalue weighted by Gasteiger charge is -2.35. The summed E-state index contributed by atoms with van der Waals surface area (Å²) < 4.78 is 26.3. The van der Waals surface area contributed by atoms with E-state index in [2.05, 4.69) is 17.0 Å². The minimum Gasteiger partial charge on any atom is -0.299 e. The van der Waals surface area contributed by atoms with Gasteiger partial charge in [0.05, 0.1) is 5.25 Å². The van der Waals surface area contributed by atoms with Gasteiger partial charge in [-0.2, -0.15) is 0 Å². The van der Waals surface area contributed by atoms with Gasteiger partial charge >= 0.3 is 0 Å². The highest BCUT2D eigenvalue weighted by molar-refractivity contribution is 7.89. The molecule has 1 aromatic rings. The zero-order valence-electron chi connectivity index (χ0n) is 15.2. The quantitative estimate of drug-likeness (QED) is 0.778. The second-order valence-electron chi connectivity index (χ2n) is 7.74. The number of hydrogen-bond donors (Lipinski definition) is 0. The Labute approximate surface area is 157 Å². The van der Waals surface area contributed by atoms with Gasteiger partial charge in [-0.1, -0.05) is 23.7 Å². The van der Waals surface area contributed by atoms with Gasteiger partial charge in [0.2, 0.25) is 10.0 Å². The fourth-order valence-electron chi connectivity index (χ4n) is 4.14. The predicted molar refractivity (Wildman–Crippen MR) is 103 cm³/mol. The molecule has 0 bridgehead atoms. The van der Waals surface area contributed by atoms with E-state index in [9.17, 15) is 8.42 Å². The van der Waals surface area contributed by atoms with Gasteiger partial charge in [0.15, 0.2) is 0 Å². The van der Waals surface area contributed by atoms with Gasteiger partial charge in [-0.15, -0.1) is 0 Å². The molecule has 0 aliphatic carbocycles. The van der Waals surface area contributed by atoms with Crippen molar-refractivity contribution in [3.8, 4) is 0 Å². The molecule has 1 atom stereocenters. The summed E-state index contributed by atoms with van der Waals surface area (Å²) in [5, 5.41) is 0.469. The lowest BCUT2D eigenvalue weighted by Crippen LogP contribution is -2.43. The highest BCUT2D eigenvalue weighted by Gasteiger charge is 2.35. The Hall–Kier alpha value is -0.620. The number of benzene rings is 1. The number of nitrogens with zero attached hydrogens (tertiary/aromatic N) is 2. The van der Waals surface area contributed by atoms with Crippen LogP contribution in [-0.2, 0) is 16.6 Å². The first-order valence-electron chi connectivity index (χ1n) is 9.32. The highest BCUT2D eigenvalue weighted by Crippen LogP contribution is 2.33. The van der Waals surface area contributed by atoms with Crippen molar-refractivity contribution < 1.29 is 8.42 Å². The summed E-state index contributed by atoms with van der Waals surface area (Å²) in [6.07, 6.45) is 3.24. The zero-order valence-corrected chi connectivity index (χ0v) is 16.8. The van der Waals surface area contributed by atoms with Gasteiger partial charge in [0.25, 0.3) is 0 Å². The van der Waals surface area contributed by atoms with Crippen LogP contribution in [0.4, 0.5) is 0 Å². The molecule has 2 fully saturated rings. The molecule has 0 aromatic heterocycles. The second-order valence-corrected chi connectivity index (χ2v) is 10.7. The van der Waals surface area contributed by atoms with E-state index in [-0.39, 0.29) is 5.25 Å². The monoisotopic (exact) mass is 384 g/mol. The van der Waals surface area contributed by atoms with Crippen molar-refractivity contribution in [2.45, 2.75) is 44.9 Å². The van der Waals surface area contributed by atoms with E-state index in [1.165, 1.54) is 12.0 Å². The Bertz CT molecular complexity index is 667. The third kappa shape index (κ3) is 4.57. The van der Waals surface area contributed by atoms with Gasteiger partial charge in [-0.3, -0.25) is 4.90 Å². The number of sulfonamides is 1. The van der Waals surface area contributed by atoms with Crippen LogP contribution in [0.25, 0.3) is 0 Å². The average Bonchev–Trinajstić information content (AvgIpc) is 3.05. The SMILES string of the molecule is CC(C)S(=O)(=O)N1CCC([C@@H]2CCN(Cc3ccc(Cl)cc3)C2)CC1. The Balaban J connectivity index is 1.49. The van der Waals surface area contributed by atoms with E-state index >= 15 is 0 Å². The topological polar surface area (TPSA) is 40.6 Å². The standard InChI is InChI=1S/C19H29ClN2O2S/c1-15(2)25(23,24)22-11-8-17(9-12-22)18-7-10-21(14-18)13-16-3-5-19(20)6-4-16/h3-6,15,17-18H,7-14H2,1-2H3/t18-/m1/s1. The Morgan fingerprint density at radius 3 is 2.24 bits per heavy atom. The maximum atomic E-state index is 12.3. The van der Waals surface area contributed by atoms with E-state index in [1.807, 2.05) is 12.1 Å². The smallest absolute Gasteiger partial charge is 0.216 e. The minimum atomic E-state index is -3.09. The fourth-order valence-corrected chi connectivity index (χ4v) is 5.58. The van der Waals surface area contributed by atoms with Crippen LogP contribution in [-0.4, -0.2) is 49.1 Å². The predicted octanol–water partition coefficient (Wildman–Crippen LogP) is 3.61. The first kappa shape index (κ1) is 19.2. The Morgan fingerprint density at radius 1 is 1.04 bits per heavy atom. The Kier molecular flexibility index (Phi) is 6.09. The molecule has 6 heteroatoms. The molecule has 2 aliphatic heterocycles. The third-order valence-corrected chi connectivity index (χ3v) is 8.28. The molecule has 0 radical (unpaired) electrons. The molecule has 0 unspecified atom stereocenters. The van der Waals surface area contributed by atoms with Crippen LogP contribution in [0.5, 0.6) is 0 Å². The first-order valence-corrected chi connectivity index (χ1v) is 11.2. The van der Waals surface area contributed by atoms with Crippen LogP contribution < -0.4 is 0 Å². The lowest BCUT2D eigenvalue weighted by atomic mass is 9.84. The van der Waals surface area contributed by atoms with Crippen LogP contribution in [0.15, 0.2) is 24.3 Å². The van der Waals surface area contributed by atoms with Crippen molar-refractivity contribution in [2.24, 2.45) is 11.8 Å². The number of hydrogen-bond acceptors (Lipinski definition) is 3. The molecule has 140 valence electrons. The molecule has 0 saturated carbocycles. The molecule has 2 aliphatic rings. The van der Waals surface area contributed by atoms with Gasteiger partial charge in [-0.05, 0) is 69.2 Å². The van der Waals surface area contributed by atoms with Gasteiger partial charge < -0.3 is 0 Å². The largest absolute Gasteiger partial charge is 0.299 e. The molecule has 0 spiro atoms. The lowest BCUT2D eigenvalue weighted by molar-refractivity contribution is 0.201. The molecule has 2 heterocycles. The molecule has 0 N–H and O–H groups in total. The summed E-state index contributed by atoms with van der Waals surface area (Å²) >= 11 is 5.96. The normalized spacial score (nSPS) is 24.2. The van der Waals surface area contributed by atoms with Gasteiger partial charge in [0, 0.05) is 31.2 Å². The molecule has 1 aromatic carbocycles. The van der Waals surface area contributed by atoms with E-state index in [4.69, 9.17) is 11.6 Å². The first-order chi connectivity index (χ1) is 11.9. The number of halogens is 1. The van der Waals surface area contributed by atoms with Crippen LogP contribution >= 0.6 is 11.6 Å². The zero-order chi connectivity index (χ0) is 18.0. The van der Waals surface area contributed by atoms with Crippen molar-refractivity contribution in [1.29, 1.82) is 0 Å². The fraction of sp³-hybridized carbons (Fsp3) is 0.684. The maximum Gasteiger partial charge on any atom is 0.216 e. The number of piperidine rings is 1. The number of likely N-dealkylation sites (tertiary alicyclic amines) is 1. The summed E-state index contributed by atoms with van der Waals surface area (Å²) in [6.45, 7) is 8.17. The minimum absolute atomic E-state index is 0.314. The molecule has 0 amide bonds. The summed E-state index contributed by atoms with van der Waals surface area (Å²) in [4.78, 5) is 2.52. The van der Waals surface area contributed by atoms with Crippen molar-refractivity contribution in [3.05, 3.63) is 34.9 Å². The average molecular weight is 385 g/mol. The molecule has 25 heavy (non-hydrogen) atoms. The van der Waals surface area contributed by atoms with Crippen LogP contribution in [0, 0.1) is 11.8 Å². The van der Waals surface area contributed by atoms with Crippen molar-refractivity contribution in [3.63, 3.8) is 0 Å². The number of rotatable bonds is 5. The van der Waals surface area contributed by atoms with Crippen molar-refractivity contribution in [2.75, 3.05) is 26.2 Å². The van der Waals surface area contributed by atoms with Crippen molar-refractivity contribution >= 4 is 21.6 Å². The van der Waals surface area contributed by atoms with E-state index < -0.39 is 10.0 Å². The second kappa shape index (κ2) is 7.95. The molecular weight excluding hydrogens is 356 g/mol. The highest BCUT2D eigenvalue weighted by atomic mass is 35.5. The van der Waals surface area contributed by atoms with Gasteiger partial charge in [0.1, 0.15) is 0 Å². The summed E-state index contributed by atoms with van der Waals surface area (Å²) in [7, 11) is -3.09. The van der Waals surface area contributed by atoms with E-state index in [1.54, 1.807) is 18.2 Å². The van der Waals surface area contributed by atoms with E-state index in [0.29, 0.717) is 24.9 Å². The van der Waals surface area contributed by atoms with Crippen molar-refractivity contribution in [1.82, 2.24) is 9.21 Å².